The fraction of sp³-hybridized carbons (Fsp3) is 0.310. The van der Waals surface area contributed by atoms with Crippen molar-refractivity contribution >= 4 is 29.3 Å². The lowest BCUT2D eigenvalue weighted by molar-refractivity contribution is -0.128. The molecule has 4 nitrogen and oxygen atoms in total. The summed E-state index contributed by atoms with van der Waals surface area (Å²) in [6, 6.07) is 22.7. The number of nitrogens with one attached hydrogen (secondary N) is 1. The van der Waals surface area contributed by atoms with E-state index in [1.807, 2.05) is 36.1 Å². The number of benzene rings is 3. The smallest absolute Gasteiger partial charge is 0.241 e. The van der Waals surface area contributed by atoms with Gasteiger partial charge in [-0.3, -0.25) is 9.59 Å². The highest BCUT2D eigenvalue weighted by molar-refractivity contribution is 8.01. The van der Waals surface area contributed by atoms with Gasteiger partial charge in [-0.25, -0.2) is 0 Å². The van der Waals surface area contributed by atoms with Crippen LogP contribution in [0.3, 0.4) is 0 Å². The van der Waals surface area contributed by atoms with Gasteiger partial charge in [0.2, 0.25) is 11.8 Å². The molecule has 0 unspecified atom stereocenters. The molecule has 176 valence electrons. The molecule has 0 saturated carbocycles. The maximum Gasteiger partial charge on any atom is 0.241 e. The monoisotopic (exact) mass is 472 g/mol. The van der Waals surface area contributed by atoms with Crippen molar-refractivity contribution in [2.45, 2.75) is 50.8 Å². The third kappa shape index (κ3) is 5.36. The van der Waals surface area contributed by atoms with Crippen molar-refractivity contribution in [2.24, 2.45) is 5.92 Å². The van der Waals surface area contributed by atoms with E-state index in [0.717, 1.165) is 28.1 Å². The molecule has 0 fully saturated rings. The molecule has 0 aliphatic carbocycles. The van der Waals surface area contributed by atoms with Crippen LogP contribution in [-0.2, 0) is 22.6 Å². The zero-order chi connectivity index (χ0) is 24.2. The van der Waals surface area contributed by atoms with Crippen LogP contribution in [0.1, 0.15) is 34.7 Å². The van der Waals surface area contributed by atoms with Crippen LogP contribution < -0.4 is 10.2 Å². The summed E-state index contributed by atoms with van der Waals surface area (Å²) in [6.45, 7) is 9.12. The quantitative estimate of drug-likeness (QED) is 0.486. The van der Waals surface area contributed by atoms with Crippen LogP contribution in [0.25, 0.3) is 0 Å². The molecular formula is C29H32N2O2S. The number of rotatable bonds is 7. The Morgan fingerprint density at radius 3 is 2.47 bits per heavy atom. The van der Waals surface area contributed by atoms with Gasteiger partial charge in [-0.05, 0) is 56.0 Å². The van der Waals surface area contributed by atoms with E-state index in [4.69, 9.17) is 0 Å². The SMILES string of the molecule is Cc1ccc(CCNC(=O)[C@H](C)[C@@H]2Sc3ccccc3N(Cc3cc(C)ccc3C)C2=O)cc1. The first-order valence-electron chi connectivity index (χ1n) is 11.8. The minimum atomic E-state index is -0.459. The summed E-state index contributed by atoms with van der Waals surface area (Å²) in [5, 5.41) is 2.59. The van der Waals surface area contributed by atoms with E-state index >= 15 is 0 Å². The first-order valence-corrected chi connectivity index (χ1v) is 12.7. The van der Waals surface area contributed by atoms with Gasteiger partial charge in [0.1, 0.15) is 5.25 Å². The van der Waals surface area contributed by atoms with E-state index in [2.05, 4.69) is 68.6 Å². The molecule has 4 rings (SSSR count). The fourth-order valence-electron chi connectivity index (χ4n) is 4.24. The van der Waals surface area contributed by atoms with Gasteiger partial charge in [-0.2, -0.15) is 0 Å². The molecule has 1 heterocycles. The number of thioether (sulfide) groups is 1. The van der Waals surface area contributed by atoms with Crippen LogP contribution >= 0.6 is 11.8 Å². The normalized spacial score (nSPS) is 16.2. The number of anilines is 1. The van der Waals surface area contributed by atoms with Crippen molar-refractivity contribution in [3.63, 3.8) is 0 Å². The molecule has 2 atom stereocenters. The number of para-hydroxylation sites is 1. The van der Waals surface area contributed by atoms with Gasteiger partial charge >= 0.3 is 0 Å². The van der Waals surface area contributed by atoms with Crippen molar-refractivity contribution in [3.8, 4) is 0 Å². The molecule has 0 aromatic heterocycles. The highest BCUT2D eigenvalue weighted by Gasteiger charge is 2.39. The largest absolute Gasteiger partial charge is 0.355 e. The number of aryl methyl sites for hydroxylation is 3. The molecule has 0 spiro atoms. The molecule has 3 aromatic rings. The fourth-order valence-corrected chi connectivity index (χ4v) is 5.53. The summed E-state index contributed by atoms with van der Waals surface area (Å²) >= 11 is 1.50. The molecule has 1 aliphatic rings. The molecule has 34 heavy (non-hydrogen) atoms. The Morgan fingerprint density at radius 2 is 1.71 bits per heavy atom. The number of hydrogen-bond acceptors (Lipinski definition) is 3. The number of hydrogen-bond donors (Lipinski definition) is 1. The predicted octanol–water partition coefficient (Wildman–Crippen LogP) is 5.61. The summed E-state index contributed by atoms with van der Waals surface area (Å²) in [5.41, 5.74) is 6.79. The Hall–Kier alpha value is -3.05. The van der Waals surface area contributed by atoms with Gasteiger partial charge in [-0.15, -0.1) is 11.8 Å². The Balaban J connectivity index is 1.49. The maximum atomic E-state index is 13.7. The van der Waals surface area contributed by atoms with E-state index < -0.39 is 11.2 Å². The third-order valence-electron chi connectivity index (χ3n) is 6.45. The maximum absolute atomic E-state index is 13.7. The number of fused-ring (bicyclic) bond motifs is 1. The lowest BCUT2D eigenvalue weighted by Crippen LogP contribution is -2.47. The first kappa shape index (κ1) is 24.1. The van der Waals surface area contributed by atoms with Crippen molar-refractivity contribution < 1.29 is 9.59 Å². The summed E-state index contributed by atoms with van der Waals surface area (Å²) in [5.74, 6) is -0.528. The average molecular weight is 473 g/mol. The van der Waals surface area contributed by atoms with Crippen LogP contribution in [0.2, 0.25) is 0 Å². The van der Waals surface area contributed by atoms with Crippen molar-refractivity contribution in [2.75, 3.05) is 11.4 Å². The van der Waals surface area contributed by atoms with Gasteiger partial charge in [0, 0.05) is 11.4 Å². The number of nitrogens with zero attached hydrogens (tertiary/aromatic N) is 1. The predicted molar refractivity (Wildman–Crippen MR) is 140 cm³/mol. The first-order chi connectivity index (χ1) is 16.3. The van der Waals surface area contributed by atoms with E-state index in [1.54, 1.807) is 0 Å². The molecule has 0 radical (unpaired) electrons. The standard InChI is InChI=1S/C29H32N2O2S/c1-19-10-13-23(14-11-19)15-16-30-28(32)22(4)27-29(33)31(25-7-5-6-8-26(25)34-27)18-24-17-20(2)9-12-21(24)3/h5-14,17,22,27H,15-16,18H2,1-4H3,(H,30,32)/t22-,27+/m1/s1. The zero-order valence-electron chi connectivity index (χ0n) is 20.3. The molecule has 2 amide bonds. The molecule has 3 aromatic carbocycles. The number of carbonyl (C=O) groups excluding carboxylic acids is 2. The summed E-state index contributed by atoms with van der Waals surface area (Å²) in [4.78, 5) is 29.6. The minimum Gasteiger partial charge on any atom is -0.355 e. The van der Waals surface area contributed by atoms with Crippen LogP contribution in [0.4, 0.5) is 5.69 Å². The lowest BCUT2D eigenvalue weighted by atomic mass is 10.0. The second-order valence-corrected chi connectivity index (χ2v) is 10.4. The number of amides is 2. The molecule has 0 bridgehead atoms. The van der Waals surface area contributed by atoms with Crippen LogP contribution in [0, 0.1) is 26.7 Å². The summed E-state index contributed by atoms with van der Waals surface area (Å²) in [6.07, 6.45) is 0.770. The lowest BCUT2D eigenvalue weighted by Gasteiger charge is -2.36. The second-order valence-electron chi connectivity index (χ2n) is 9.18. The van der Waals surface area contributed by atoms with E-state index in [9.17, 15) is 9.59 Å². The molecule has 1 aliphatic heterocycles. The Bertz CT molecular complexity index is 1190. The Kier molecular flexibility index (Phi) is 7.42. The number of carbonyl (C=O) groups is 2. The topological polar surface area (TPSA) is 49.4 Å². The van der Waals surface area contributed by atoms with Gasteiger partial charge in [0.25, 0.3) is 0 Å². The van der Waals surface area contributed by atoms with Crippen molar-refractivity contribution in [3.05, 3.63) is 94.5 Å². The van der Waals surface area contributed by atoms with Crippen LogP contribution in [-0.4, -0.2) is 23.6 Å². The van der Waals surface area contributed by atoms with E-state index in [0.29, 0.717) is 13.1 Å². The zero-order valence-corrected chi connectivity index (χ0v) is 21.1. The molecule has 5 heteroatoms. The highest BCUT2D eigenvalue weighted by atomic mass is 32.2. The average Bonchev–Trinajstić information content (AvgIpc) is 2.83. The summed E-state index contributed by atoms with van der Waals surface area (Å²) < 4.78 is 0. The van der Waals surface area contributed by atoms with E-state index in [1.165, 1.54) is 28.5 Å². The molecular weight excluding hydrogens is 440 g/mol. The Morgan fingerprint density at radius 1 is 1.00 bits per heavy atom. The van der Waals surface area contributed by atoms with Crippen LogP contribution in [0.5, 0.6) is 0 Å². The minimum absolute atomic E-state index is 0.00853. The van der Waals surface area contributed by atoms with Gasteiger partial charge in [-0.1, -0.05) is 72.6 Å². The van der Waals surface area contributed by atoms with Crippen molar-refractivity contribution in [1.29, 1.82) is 0 Å². The second kappa shape index (κ2) is 10.5. The summed E-state index contributed by atoms with van der Waals surface area (Å²) in [7, 11) is 0. The Labute approximate surface area is 206 Å². The van der Waals surface area contributed by atoms with Gasteiger partial charge in [0.05, 0.1) is 18.2 Å². The van der Waals surface area contributed by atoms with E-state index in [-0.39, 0.29) is 11.8 Å². The molecule has 0 saturated heterocycles. The van der Waals surface area contributed by atoms with Crippen molar-refractivity contribution in [1.82, 2.24) is 5.32 Å². The van der Waals surface area contributed by atoms with Crippen LogP contribution in [0.15, 0.2) is 71.6 Å². The van der Waals surface area contributed by atoms with Gasteiger partial charge in [0.15, 0.2) is 0 Å². The third-order valence-corrected chi connectivity index (χ3v) is 7.92. The van der Waals surface area contributed by atoms with Gasteiger partial charge < -0.3 is 10.2 Å². The highest BCUT2D eigenvalue weighted by Crippen LogP contribution is 2.42. The molecule has 1 N–H and O–H groups in total.